The summed E-state index contributed by atoms with van der Waals surface area (Å²) >= 11 is 0. The quantitative estimate of drug-likeness (QED) is 0.224. The minimum Gasteiger partial charge on any atom is -0.445 e. The molecule has 0 radical (unpaired) electrons. The van der Waals surface area contributed by atoms with Crippen LogP contribution in [0.1, 0.15) is 31.4 Å². The van der Waals surface area contributed by atoms with Gasteiger partial charge in [-0.15, -0.1) is 0 Å². The van der Waals surface area contributed by atoms with Crippen LogP contribution < -0.4 is 21.0 Å². The molecule has 0 aliphatic carbocycles. The molecule has 4 aromatic rings. The molecule has 0 fully saturated rings. The Morgan fingerprint density at radius 2 is 1.15 bits per heavy atom. The van der Waals surface area contributed by atoms with Gasteiger partial charge < -0.3 is 15.4 Å². The van der Waals surface area contributed by atoms with E-state index in [0.717, 1.165) is 17.5 Å². The average Bonchev–Trinajstić information content (AvgIpc) is 3.00. The lowest BCUT2D eigenvalue weighted by molar-refractivity contribution is -0.123. The Balaban J connectivity index is 1.62. The second-order valence-electron chi connectivity index (χ2n) is 11.1. The molecule has 0 aliphatic rings. The van der Waals surface area contributed by atoms with Crippen LogP contribution in [0.5, 0.6) is 0 Å². The summed E-state index contributed by atoms with van der Waals surface area (Å²) in [6.07, 6.45) is 0.557. The van der Waals surface area contributed by atoms with Gasteiger partial charge in [-0.2, -0.15) is 0 Å². The molecular weight excluding hydrogens is 524 g/mol. The summed E-state index contributed by atoms with van der Waals surface area (Å²) in [6.45, 7) is 6.84. The van der Waals surface area contributed by atoms with Gasteiger partial charge in [0.25, 0.3) is 0 Å². The monoisotopic (exact) mass is 564 g/mol. The molecule has 0 saturated carbocycles. The van der Waals surface area contributed by atoms with E-state index in [2.05, 4.69) is 79.6 Å². The van der Waals surface area contributed by atoms with E-state index in [1.807, 2.05) is 72.8 Å². The van der Waals surface area contributed by atoms with Gasteiger partial charge in [0.2, 0.25) is 5.91 Å². The third kappa shape index (κ3) is 8.18. The fourth-order valence-electron chi connectivity index (χ4n) is 5.29. The number of carbonyl (C=O) groups is 2. The average molecular weight is 565 g/mol. The van der Waals surface area contributed by atoms with Gasteiger partial charge in [-0.3, -0.25) is 4.79 Å². The first-order valence-corrected chi connectivity index (χ1v) is 16.9. The van der Waals surface area contributed by atoms with Crippen LogP contribution in [0.3, 0.4) is 0 Å². The topological polar surface area (TPSA) is 67.4 Å². The number of amides is 2. The molecule has 0 bridgehead atoms. The van der Waals surface area contributed by atoms with Gasteiger partial charge in [-0.25, -0.2) is 4.79 Å². The van der Waals surface area contributed by atoms with Crippen molar-refractivity contribution in [2.75, 3.05) is 0 Å². The van der Waals surface area contributed by atoms with E-state index in [4.69, 9.17) is 4.74 Å². The zero-order chi connectivity index (χ0) is 29.1. The van der Waals surface area contributed by atoms with Crippen molar-refractivity contribution < 1.29 is 14.3 Å². The van der Waals surface area contributed by atoms with E-state index in [9.17, 15) is 9.59 Å². The van der Waals surface area contributed by atoms with Crippen molar-refractivity contribution in [1.82, 2.24) is 10.6 Å². The Kier molecular flexibility index (Phi) is 10.5. The van der Waals surface area contributed by atoms with Gasteiger partial charge >= 0.3 is 6.09 Å². The highest BCUT2D eigenvalue weighted by Gasteiger charge is 2.42. The molecular formula is C35H40N2O3Si. The van der Waals surface area contributed by atoms with Crippen LogP contribution in [0.4, 0.5) is 4.79 Å². The van der Waals surface area contributed by atoms with Crippen LogP contribution >= 0.6 is 0 Å². The highest BCUT2D eigenvalue weighted by Crippen LogP contribution is 2.19. The van der Waals surface area contributed by atoms with Crippen LogP contribution in [0.2, 0.25) is 6.55 Å². The summed E-state index contributed by atoms with van der Waals surface area (Å²) in [7, 11) is -2.47. The van der Waals surface area contributed by atoms with E-state index in [-0.39, 0.29) is 18.2 Å². The van der Waals surface area contributed by atoms with Gasteiger partial charge in [0.05, 0.1) is 0 Å². The first-order valence-electron chi connectivity index (χ1n) is 14.3. The Morgan fingerprint density at radius 3 is 1.63 bits per heavy atom. The standard InChI is InChI=1S/C35H40N2O3Si/c1-27(2)24-33(41(3,30-20-12-6-13-21-30)31-22-14-7-15-23-31)37-34(38)32(25-28-16-8-4-9-17-28)36-35(39)40-26-29-18-10-5-11-19-29/h4-23,27,32-33H,24-26H2,1-3H3,(H,36,39)(H,37,38)/t32-,33+/m0/s1. The number of benzene rings is 4. The number of nitrogens with one attached hydrogen (secondary N) is 2. The molecule has 6 heteroatoms. The maximum absolute atomic E-state index is 14.1. The fraction of sp³-hybridized carbons (Fsp3) is 0.257. The van der Waals surface area contributed by atoms with E-state index in [1.165, 1.54) is 10.4 Å². The van der Waals surface area contributed by atoms with Crippen molar-refractivity contribution in [1.29, 1.82) is 0 Å². The van der Waals surface area contributed by atoms with Crippen LogP contribution in [0.25, 0.3) is 0 Å². The summed E-state index contributed by atoms with van der Waals surface area (Å²) in [5, 5.41) is 8.82. The number of hydrogen-bond acceptors (Lipinski definition) is 3. The van der Waals surface area contributed by atoms with E-state index < -0.39 is 20.2 Å². The lowest BCUT2D eigenvalue weighted by Crippen LogP contribution is -2.70. The smallest absolute Gasteiger partial charge is 0.408 e. The van der Waals surface area contributed by atoms with Gasteiger partial charge in [-0.05, 0) is 23.5 Å². The second-order valence-corrected chi connectivity index (χ2v) is 15.3. The predicted molar refractivity (Wildman–Crippen MR) is 169 cm³/mol. The third-order valence-electron chi connectivity index (χ3n) is 7.57. The van der Waals surface area contributed by atoms with Crippen molar-refractivity contribution in [2.45, 2.75) is 51.5 Å². The van der Waals surface area contributed by atoms with Gasteiger partial charge in [0.15, 0.2) is 0 Å². The maximum Gasteiger partial charge on any atom is 0.408 e. The number of ether oxygens (including phenoxy) is 1. The molecule has 0 spiro atoms. The van der Waals surface area contributed by atoms with Crippen LogP contribution in [0, 0.1) is 5.92 Å². The Morgan fingerprint density at radius 1 is 0.683 bits per heavy atom. The first-order chi connectivity index (χ1) is 19.9. The highest BCUT2D eigenvalue weighted by atomic mass is 28.3. The summed E-state index contributed by atoms with van der Waals surface area (Å²) in [4.78, 5) is 27.0. The minimum atomic E-state index is -2.47. The zero-order valence-corrected chi connectivity index (χ0v) is 25.1. The molecule has 2 atom stereocenters. The Labute approximate surface area is 245 Å². The maximum atomic E-state index is 14.1. The number of alkyl carbamates (subject to hydrolysis) is 1. The van der Waals surface area contributed by atoms with Crippen molar-refractivity contribution in [2.24, 2.45) is 5.92 Å². The lowest BCUT2D eigenvalue weighted by atomic mass is 10.0. The number of carbonyl (C=O) groups excluding carboxylic acids is 2. The Bertz CT molecular complexity index is 1330. The molecule has 4 aromatic carbocycles. The normalized spacial score (nSPS) is 12.8. The first kappa shape index (κ1) is 29.8. The largest absolute Gasteiger partial charge is 0.445 e. The zero-order valence-electron chi connectivity index (χ0n) is 24.1. The van der Waals surface area contributed by atoms with E-state index in [1.54, 1.807) is 0 Å². The summed E-state index contributed by atoms with van der Waals surface area (Å²) in [5.74, 6) is 0.151. The van der Waals surface area contributed by atoms with Crippen molar-refractivity contribution in [3.63, 3.8) is 0 Å². The molecule has 0 unspecified atom stereocenters. The summed E-state index contributed by atoms with van der Waals surface area (Å²) in [5.41, 5.74) is 1.75. The molecule has 0 saturated heterocycles. The molecule has 2 N–H and O–H groups in total. The van der Waals surface area contributed by atoms with Crippen molar-refractivity contribution in [3.8, 4) is 0 Å². The predicted octanol–water partition coefficient (Wildman–Crippen LogP) is 5.49. The van der Waals surface area contributed by atoms with Crippen molar-refractivity contribution >= 4 is 30.4 Å². The summed E-state index contributed by atoms with van der Waals surface area (Å²) in [6, 6.07) is 39.5. The van der Waals surface area contributed by atoms with Crippen LogP contribution in [-0.2, 0) is 22.6 Å². The molecule has 212 valence electrons. The molecule has 2 amide bonds. The fourth-order valence-corrected chi connectivity index (χ4v) is 9.57. The summed E-state index contributed by atoms with van der Waals surface area (Å²) < 4.78 is 5.50. The lowest BCUT2D eigenvalue weighted by Gasteiger charge is -2.39. The molecule has 41 heavy (non-hydrogen) atoms. The molecule has 4 rings (SSSR count). The minimum absolute atomic E-state index is 0.0970. The highest BCUT2D eigenvalue weighted by molar-refractivity contribution is 7.02. The van der Waals surface area contributed by atoms with Crippen LogP contribution in [0.15, 0.2) is 121 Å². The molecule has 0 aliphatic heterocycles. The van der Waals surface area contributed by atoms with E-state index in [0.29, 0.717) is 12.3 Å². The van der Waals surface area contributed by atoms with Gasteiger partial charge in [-0.1, -0.05) is 152 Å². The molecule has 0 aromatic heterocycles. The third-order valence-corrected chi connectivity index (χ3v) is 12.4. The van der Waals surface area contributed by atoms with Crippen LogP contribution in [-0.4, -0.2) is 31.8 Å². The van der Waals surface area contributed by atoms with E-state index >= 15 is 0 Å². The number of rotatable bonds is 12. The molecule has 5 nitrogen and oxygen atoms in total. The number of hydrogen-bond donors (Lipinski definition) is 2. The second kappa shape index (κ2) is 14.5. The van der Waals surface area contributed by atoms with Gasteiger partial charge in [0.1, 0.15) is 20.7 Å². The molecule has 0 heterocycles. The Hall–Kier alpha value is -4.16. The SMILES string of the molecule is CC(C)C[C@H](NC(=O)[C@H](Cc1ccccc1)NC(=O)OCc1ccccc1)[Si](C)(c1ccccc1)c1ccccc1. The van der Waals surface area contributed by atoms with Gasteiger partial charge in [0, 0.05) is 12.1 Å². The van der Waals surface area contributed by atoms with Crippen molar-refractivity contribution in [3.05, 3.63) is 132 Å².